The monoisotopic (exact) mass is 708 g/mol. The Morgan fingerprint density at radius 2 is 0.750 bits per heavy atom. The molecule has 0 fully saturated rings. The van der Waals surface area contributed by atoms with Gasteiger partial charge in [-0.2, -0.15) is 0 Å². The van der Waals surface area contributed by atoms with Gasteiger partial charge in [-0.1, -0.05) is 182 Å². The fraction of sp³-hybridized carbons (Fsp3) is 0.0182. The van der Waals surface area contributed by atoms with Gasteiger partial charge in [-0.05, 0) is 106 Å². The number of para-hydroxylation sites is 1. The summed E-state index contributed by atoms with van der Waals surface area (Å²) in [5, 5.41) is 9.76. The molecule has 0 aliphatic heterocycles. The molecule has 0 amide bonds. The number of hydrogen-bond acceptors (Lipinski definition) is 1. The first-order chi connectivity index (χ1) is 27.8. The molecule has 2 aliphatic rings. The predicted molar refractivity (Wildman–Crippen MR) is 233 cm³/mol. The Balaban J connectivity index is 1.25. The molecular formula is C55H32O. The summed E-state index contributed by atoms with van der Waals surface area (Å²) in [6.07, 6.45) is 0. The third-order valence-electron chi connectivity index (χ3n) is 12.9. The van der Waals surface area contributed by atoms with Crippen LogP contribution in [0.15, 0.2) is 199 Å². The van der Waals surface area contributed by atoms with Crippen molar-refractivity contribution in [1.29, 1.82) is 0 Å². The molecule has 10 aromatic carbocycles. The van der Waals surface area contributed by atoms with Crippen molar-refractivity contribution in [2.75, 3.05) is 0 Å². The minimum Gasteiger partial charge on any atom is -0.455 e. The van der Waals surface area contributed by atoms with E-state index in [2.05, 4.69) is 194 Å². The Morgan fingerprint density at radius 3 is 1.39 bits per heavy atom. The quantitative estimate of drug-likeness (QED) is 0.163. The number of fused-ring (bicyclic) bond motifs is 17. The Morgan fingerprint density at radius 1 is 0.304 bits per heavy atom. The van der Waals surface area contributed by atoms with E-state index in [9.17, 15) is 0 Å². The van der Waals surface area contributed by atoms with Gasteiger partial charge in [-0.25, -0.2) is 0 Å². The standard InChI is InChI=1S/C55H32O/c1-2-18-34-33(16-1)17-15-27-37(34)50-38-21-3-5-23-40(38)51(41-24-6-4-22-39(41)50)44-32-48-53(54-52(44)43-26-10-14-31-49(43)56-54)42-25-9-13-30-47(42)55(48)45-28-11-7-19-35(45)36-20-8-12-29-46(36)55/h1-32H. The molecule has 0 N–H and O–H groups in total. The predicted octanol–water partition coefficient (Wildman–Crippen LogP) is 14.7. The van der Waals surface area contributed by atoms with Crippen LogP contribution in [-0.4, -0.2) is 0 Å². The van der Waals surface area contributed by atoms with Gasteiger partial charge in [-0.3, -0.25) is 0 Å². The van der Waals surface area contributed by atoms with Gasteiger partial charge < -0.3 is 4.42 Å². The largest absolute Gasteiger partial charge is 0.455 e. The number of furan rings is 1. The van der Waals surface area contributed by atoms with Crippen LogP contribution < -0.4 is 0 Å². The maximum atomic E-state index is 7.16. The molecule has 2 aliphatic carbocycles. The smallest absolute Gasteiger partial charge is 0.144 e. The zero-order chi connectivity index (χ0) is 36.5. The minimum atomic E-state index is -0.504. The molecule has 0 saturated heterocycles. The van der Waals surface area contributed by atoms with Crippen molar-refractivity contribution in [3.63, 3.8) is 0 Å². The number of rotatable bonds is 2. The summed E-state index contributed by atoms with van der Waals surface area (Å²) in [7, 11) is 0. The fourth-order valence-corrected chi connectivity index (χ4v) is 10.8. The van der Waals surface area contributed by atoms with Crippen molar-refractivity contribution in [2.45, 2.75) is 5.41 Å². The molecule has 13 rings (SSSR count). The van der Waals surface area contributed by atoms with Gasteiger partial charge in [0.05, 0.1) is 5.41 Å². The molecule has 1 heteroatoms. The van der Waals surface area contributed by atoms with Crippen LogP contribution in [0.2, 0.25) is 0 Å². The van der Waals surface area contributed by atoms with E-state index in [1.165, 1.54) is 104 Å². The first-order valence-electron chi connectivity index (χ1n) is 19.5. The molecule has 1 spiro atoms. The highest BCUT2D eigenvalue weighted by molar-refractivity contribution is 6.28. The topological polar surface area (TPSA) is 13.1 Å². The van der Waals surface area contributed by atoms with E-state index in [-0.39, 0.29) is 0 Å². The van der Waals surface area contributed by atoms with Crippen molar-refractivity contribution in [1.82, 2.24) is 0 Å². The second-order valence-electron chi connectivity index (χ2n) is 15.4. The van der Waals surface area contributed by atoms with Gasteiger partial charge in [0.25, 0.3) is 0 Å². The van der Waals surface area contributed by atoms with Crippen molar-refractivity contribution in [2.24, 2.45) is 0 Å². The number of benzene rings is 10. The van der Waals surface area contributed by atoms with Crippen LogP contribution in [0.1, 0.15) is 22.3 Å². The highest BCUT2D eigenvalue weighted by Crippen LogP contribution is 2.65. The third kappa shape index (κ3) is 3.66. The molecule has 0 bridgehead atoms. The fourth-order valence-electron chi connectivity index (χ4n) is 10.8. The van der Waals surface area contributed by atoms with E-state index < -0.39 is 5.41 Å². The van der Waals surface area contributed by atoms with Crippen molar-refractivity contribution >= 4 is 54.3 Å². The average Bonchev–Trinajstić information content (AvgIpc) is 3.90. The SMILES string of the molecule is c1ccc2c(c1)-c1ccccc1C21c2ccccc2-c2c1cc(-c1c3ccccc3c(-c3cccc4ccccc34)c3ccccc13)c1c2oc2ccccc21. The summed E-state index contributed by atoms with van der Waals surface area (Å²) >= 11 is 0. The zero-order valence-electron chi connectivity index (χ0n) is 30.4. The minimum absolute atomic E-state index is 0.504. The molecular weight excluding hydrogens is 677 g/mol. The van der Waals surface area contributed by atoms with Gasteiger partial charge >= 0.3 is 0 Å². The Kier molecular flexibility index (Phi) is 5.89. The lowest BCUT2D eigenvalue weighted by Crippen LogP contribution is -2.25. The van der Waals surface area contributed by atoms with Gasteiger partial charge in [0, 0.05) is 16.3 Å². The van der Waals surface area contributed by atoms with Gasteiger partial charge in [0.2, 0.25) is 0 Å². The summed E-state index contributed by atoms with van der Waals surface area (Å²) in [5.41, 5.74) is 16.6. The molecule has 258 valence electrons. The van der Waals surface area contributed by atoms with Crippen LogP contribution >= 0.6 is 0 Å². The lowest BCUT2D eigenvalue weighted by atomic mass is 9.70. The average molecular weight is 709 g/mol. The number of hydrogen-bond donors (Lipinski definition) is 0. The molecule has 1 heterocycles. The third-order valence-corrected chi connectivity index (χ3v) is 12.9. The van der Waals surface area contributed by atoms with Crippen LogP contribution in [0, 0.1) is 0 Å². The van der Waals surface area contributed by atoms with E-state index in [0.29, 0.717) is 0 Å². The first-order valence-corrected chi connectivity index (χ1v) is 19.5. The summed E-state index contributed by atoms with van der Waals surface area (Å²) in [6.45, 7) is 0. The van der Waals surface area contributed by atoms with Crippen molar-refractivity contribution in [3.8, 4) is 44.5 Å². The molecule has 1 nitrogen and oxygen atoms in total. The molecule has 0 radical (unpaired) electrons. The highest BCUT2D eigenvalue weighted by atomic mass is 16.3. The normalized spacial score (nSPS) is 13.5. The zero-order valence-corrected chi connectivity index (χ0v) is 30.4. The second kappa shape index (κ2) is 10.9. The van der Waals surface area contributed by atoms with E-state index in [1.54, 1.807) is 0 Å². The van der Waals surface area contributed by atoms with Crippen molar-refractivity contribution in [3.05, 3.63) is 216 Å². The van der Waals surface area contributed by atoms with Crippen molar-refractivity contribution < 1.29 is 4.42 Å². The van der Waals surface area contributed by atoms with Crippen LogP contribution in [0.5, 0.6) is 0 Å². The molecule has 1 aromatic heterocycles. The summed E-state index contributed by atoms with van der Waals surface area (Å²) in [4.78, 5) is 0. The van der Waals surface area contributed by atoms with Crippen LogP contribution in [-0.2, 0) is 5.41 Å². The molecule has 11 aromatic rings. The maximum absolute atomic E-state index is 7.16. The van der Waals surface area contributed by atoms with Crippen LogP contribution in [0.25, 0.3) is 98.8 Å². The summed E-state index contributed by atoms with van der Waals surface area (Å²) in [5.74, 6) is 0. The van der Waals surface area contributed by atoms with Crippen LogP contribution in [0.4, 0.5) is 0 Å². The Bertz CT molecular complexity index is 3380. The van der Waals surface area contributed by atoms with Crippen LogP contribution in [0.3, 0.4) is 0 Å². The van der Waals surface area contributed by atoms with E-state index in [4.69, 9.17) is 4.42 Å². The lowest BCUT2D eigenvalue weighted by molar-refractivity contribution is 0.669. The molecule has 0 saturated carbocycles. The summed E-state index contributed by atoms with van der Waals surface area (Å²) < 4.78 is 7.16. The van der Waals surface area contributed by atoms with Gasteiger partial charge in [0.15, 0.2) is 0 Å². The lowest BCUT2D eigenvalue weighted by Gasteiger charge is -2.31. The Labute approximate surface area is 323 Å². The molecule has 0 unspecified atom stereocenters. The summed E-state index contributed by atoms with van der Waals surface area (Å²) in [6, 6.07) is 71.9. The second-order valence-corrected chi connectivity index (χ2v) is 15.4. The van der Waals surface area contributed by atoms with E-state index in [0.717, 1.165) is 16.6 Å². The van der Waals surface area contributed by atoms with Gasteiger partial charge in [0.1, 0.15) is 11.2 Å². The molecule has 56 heavy (non-hydrogen) atoms. The first kappa shape index (κ1) is 30.1. The van der Waals surface area contributed by atoms with E-state index in [1.807, 2.05) is 0 Å². The van der Waals surface area contributed by atoms with Gasteiger partial charge in [-0.15, -0.1) is 0 Å². The Hall–Kier alpha value is -7.22. The highest BCUT2D eigenvalue weighted by Gasteiger charge is 2.52. The maximum Gasteiger partial charge on any atom is 0.144 e. The molecule has 0 atom stereocenters. The van der Waals surface area contributed by atoms with E-state index >= 15 is 0 Å².